The molecule has 0 heterocycles. The number of carboxylic acids is 1. The summed E-state index contributed by atoms with van der Waals surface area (Å²) in [6.07, 6.45) is 0.518. The molecule has 19 heavy (non-hydrogen) atoms. The monoisotopic (exact) mass is 275 g/mol. The van der Waals surface area contributed by atoms with Gasteiger partial charge in [-0.15, -0.1) is 0 Å². The summed E-state index contributed by atoms with van der Waals surface area (Å²) in [7, 11) is 1.55. The standard InChI is InChI=1S/C13H25NO5/c1-13(2,3)8-10(7-12(16)17)14-11(15)9-19-6-5-18-4/h10H,5-9H2,1-4H3,(H,14,15)(H,16,17). The summed E-state index contributed by atoms with van der Waals surface area (Å²) < 4.78 is 9.88. The SMILES string of the molecule is COCCOCC(=O)NC(CC(=O)O)CC(C)(C)C. The van der Waals surface area contributed by atoms with Crippen molar-refractivity contribution in [2.75, 3.05) is 26.9 Å². The molecule has 1 amide bonds. The number of aliphatic carboxylic acids is 1. The molecule has 6 nitrogen and oxygen atoms in total. The lowest BCUT2D eigenvalue weighted by atomic mass is 9.87. The minimum Gasteiger partial charge on any atom is -0.481 e. The van der Waals surface area contributed by atoms with Crippen molar-refractivity contribution in [1.29, 1.82) is 0 Å². The second-order valence-corrected chi connectivity index (χ2v) is 5.67. The minimum absolute atomic E-state index is 0.0513. The Balaban J connectivity index is 4.15. The predicted octanol–water partition coefficient (Wildman–Crippen LogP) is 1.05. The van der Waals surface area contributed by atoms with Crippen molar-refractivity contribution < 1.29 is 24.2 Å². The van der Waals surface area contributed by atoms with Gasteiger partial charge in [0.15, 0.2) is 0 Å². The normalized spacial score (nSPS) is 13.1. The van der Waals surface area contributed by atoms with Crippen LogP contribution in [0.1, 0.15) is 33.6 Å². The Morgan fingerprint density at radius 2 is 1.89 bits per heavy atom. The third kappa shape index (κ3) is 11.7. The Hall–Kier alpha value is -1.14. The lowest BCUT2D eigenvalue weighted by Crippen LogP contribution is -2.40. The lowest BCUT2D eigenvalue weighted by Gasteiger charge is -2.25. The van der Waals surface area contributed by atoms with Gasteiger partial charge >= 0.3 is 5.97 Å². The average Bonchev–Trinajstić information content (AvgIpc) is 2.20. The molecule has 2 N–H and O–H groups in total. The highest BCUT2D eigenvalue weighted by atomic mass is 16.5. The number of amides is 1. The number of ether oxygens (including phenoxy) is 2. The summed E-state index contributed by atoms with van der Waals surface area (Å²) in [5.74, 6) is -1.22. The minimum atomic E-state index is -0.921. The molecule has 0 bridgehead atoms. The van der Waals surface area contributed by atoms with Gasteiger partial charge in [-0.2, -0.15) is 0 Å². The van der Waals surface area contributed by atoms with Gasteiger partial charge in [-0.25, -0.2) is 0 Å². The highest BCUT2D eigenvalue weighted by Crippen LogP contribution is 2.22. The molecule has 0 saturated carbocycles. The molecule has 0 saturated heterocycles. The Morgan fingerprint density at radius 1 is 1.26 bits per heavy atom. The van der Waals surface area contributed by atoms with Crippen molar-refractivity contribution in [2.24, 2.45) is 5.41 Å². The fourth-order valence-corrected chi connectivity index (χ4v) is 1.70. The van der Waals surface area contributed by atoms with Crippen LogP contribution < -0.4 is 5.32 Å². The number of carbonyl (C=O) groups is 2. The van der Waals surface area contributed by atoms with E-state index in [4.69, 9.17) is 14.6 Å². The molecule has 0 aliphatic rings. The number of nitrogens with one attached hydrogen (secondary N) is 1. The molecule has 0 spiro atoms. The Morgan fingerprint density at radius 3 is 2.37 bits per heavy atom. The molecule has 0 aromatic heterocycles. The molecular weight excluding hydrogens is 250 g/mol. The van der Waals surface area contributed by atoms with Crippen molar-refractivity contribution in [3.05, 3.63) is 0 Å². The zero-order valence-electron chi connectivity index (χ0n) is 12.2. The molecule has 112 valence electrons. The Kier molecular flexibility index (Phi) is 8.34. The average molecular weight is 275 g/mol. The summed E-state index contributed by atoms with van der Waals surface area (Å²) >= 11 is 0. The maximum atomic E-state index is 11.6. The van der Waals surface area contributed by atoms with E-state index >= 15 is 0 Å². The number of methoxy groups -OCH3 is 1. The first-order valence-electron chi connectivity index (χ1n) is 6.32. The quantitative estimate of drug-likeness (QED) is 0.614. The summed E-state index contributed by atoms with van der Waals surface area (Å²) in [6, 6.07) is -0.379. The maximum Gasteiger partial charge on any atom is 0.305 e. The van der Waals surface area contributed by atoms with Gasteiger partial charge in [0.25, 0.3) is 0 Å². The maximum absolute atomic E-state index is 11.6. The summed E-state index contributed by atoms with van der Waals surface area (Å²) in [6.45, 7) is 6.69. The van der Waals surface area contributed by atoms with E-state index in [0.717, 1.165) is 0 Å². The summed E-state index contributed by atoms with van der Waals surface area (Å²) in [5, 5.41) is 11.5. The van der Waals surface area contributed by atoms with Crippen LogP contribution in [0.5, 0.6) is 0 Å². The van der Waals surface area contributed by atoms with Gasteiger partial charge in [0, 0.05) is 13.2 Å². The number of rotatable bonds is 9. The summed E-state index contributed by atoms with van der Waals surface area (Å²) in [4.78, 5) is 22.4. The molecule has 0 fully saturated rings. The van der Waals surface area contributed by atoms with E-state index in [-0.39, 0.29) is 30.4 Å². The third-order valence-electron chi connectivity index (χ3n) is 2.31. The van der Waals surface area contributed by atoms with E-state index in [1.54, 1.807) is 7.11 Å². The Labute approximate surface area is 114 Å². The van der Waals surface area contributed by atoms with Gasteiger partial charge in [0.05, 0.1) is 19.6 Å². The highest BCUT2D eigenvalue weighted by molar-refractivity contribution is 5.78. The Bertz CT molecular complexity index is 285. The van der Waals surface area contributed by atoms with Gasteiger partial charge in [-0.1, -0.05) is 20.8 Å². The first-order chi connectivity index (χ1) is 8.74. The van der Waals surface area contributed by atoms with Gasteiger partial charge < -0.3 is 19.9 Å². The number of carbonyl (C=O) groups excluding carboxylic acids is 1. The van der Waals surface area contributed by atoms with E-state index in [0.29, 0.717) is 19.6 Å². The molecule has 1 unspecified atom stereocenters. The molecule has 1 atom stereocenters. The van der Waals surface area contributed by atoms with Crippen LogP contribution >= 0.6 is 0 Å². The molecule has 0 aliphatic heterocycles. The first kappa shape index (κ1) is 17.9. The van der Waals surface area contributed by atoms with E-state index in [2.05, 4.69) is 5.32 Å². The smallest absolute Gasteiger partial charge is 0.305 e. The molecular formula is C13H25NO5. The van der Waals surface area contributed by atoms with E-state index < -0.39 is 5.97 Å². The highest BCUT2D eigenvalue weighted by Gasteiger charge is 2.22. The fraction of sp³-hybridized carbons (Fsp3) is 0.846. The molecule has 0 rings (SSSR count). The topological polar surface area (TPSA) is 84.9 Å². The zero-order valence-corrected chi connectivity index (χ0v) is 12.2. The second-order valence-electron chi connectivity index (χ2n) is 5.67. The zero-order chi connectivity index (χ0) is 14.9. The van der Waals surface area contributed by atoms with Crippen LogP contribution in [-0.4, -0.2) is 50.0 Å². The van der Waals surface area contributed by atoms with Crippen molar-refractivity contribution in [1.82, 2.24) is 5.32 Å². The van der Waals surface area contributed by atoms with Crippen molar-refractivity contribution in [3.63, 3.8) is 0 Å². The van der Waals surface area contributed by atoms with Crippen molar-refractivity contribution in [2.45, 2.75) is 39.7 Å². The largest absolute Gasteiger partial charge is 0.481 e. The van der Waals surface area contributed by atoms with Gasteiger partial charge in [0.1, 0.15) is 6.61 Å². The fourth-order valence-electron chi connectivity index (χ4n) is 1.70. The van der Waals surface area contributed by atoms with Crippen LogP contribution in [0.15, 0.2) is 0 Å². The van der Waals surface area contributed by atoms with Crippen molar-refractivity contribution in [3.8, 4) is 0 Å². The van der Waals surface area contributed by atoms with Crippen LogP contribution in [-0.2, 0) is 19.1 Å². The predicted molar refractivity (Wildman–Crippen MR) is 71.0 cm³/mol. The van der Waals surface area contributed by atoms with E-state index in [9.17, 15) is 9.59 Å². The van der Waals surface area contributed by atoms with Gasteiger partial charge in [-0.3, -0.25) is 9.59 Å². The number of hydrogen-bond acceptors (Lipinski definition) is 4. The summed E-state index contributed by atoms with van der Waals surface area (Å²) in [5.41, 5.74) is -0.0513. The van der Waals surface area contributed by atoms with Crippen LogP contribution in [0.4, 0.5) is 0 Å². The molecule has 0 aromatic rings. The second kappa shape index (κ2) is 8.87. The molecule has 0 aromatic carbocycles. The number of carboxylic acid groups (broad SMARTS) is 1. The third-order valence-corrected chi connectivity index (χ3v) is 2.31. The van der Waals surface area contributed by atoms with Crippen LogP contribution in [0.2, 0.25) is 0 Å². The van der Waals surface area contributed by atoms with Crippen LogP contribution in [0.25, 0.3) is 0 Å². The van der Waals surface area contributed by atoms with Crippen LogP contribution in [0.3, 0.4) is 0 Å². The molecule has 0 radical (unpaired) electrons. The van der Waals surface area contributed by atoms with E-state index in [1.165, 1.54) is 0 Å². The van der Waals surface area contributed by atoms with Crippen LogP contribution in [0, 0.1) is 5.41 Å². The molecule has 0 aliphatic carbocycles. The molecule has 6 heteroatoms. The number of hydrogen-bond donors (Lipinski definition) is 2. The lowest BCUT2D eigenvalue weighted by molar-refractivity contribution is -0.138. The van der Waals surface area contributed by atoms with Gasteiger partial charge in [0.2, 0.25) is 5.91 Å². The van der Waals surface area contributed by atoms with E-state index in [1.807, 2.05) is 20.8 Å². The first-order valence-corrected chi connectivity index (χ1v) is 6.32. The van der Waals surface area contributed by atoms with Gasteiger partial charge in [-0.05, 0) is 11.8 Å². The van der Waals surface area contributed by atoms with Crippen molar-refractivity contribution >= 4 is 11.9 Å².